The van der Waals surface area contributed by atoms with Crippen LogP contribution in [-0.4, -0.2) is 35.9 Å². The summed E-state index contributed by atoms with van der Waals surface area (Å²) in [6.07, 6.45) is 0. The van der Waals surface area contributed by atoms with Crippen LogP contribution in [0.1, 0.15) is 30.5 Å². The van der Waals surface area contributed by atoms with Crippen molar-refractivity contribution in [1.29, 1.82) is 0 Å². The van der Waals surface area contributed by atoms with E-state index < -0.39 is 6.04 Å². The van der Waals surface area contributed by atoms with Crippen LogP contribution < -0.4 is 10.1 Å². The number of rotatable bonds is 8. The van der Waals surface area contributed by atoms with Gasteiger partial charge in [-0.25, -0.2) is 0 Å². The summed E-state index contributed by atoms with van der Waals surface area (Å²) in [5, 5.41) is 3.97. The predicted octanol–water partition coefficient (Wildman–Crippen LogP) is 4.54. The van der Waals surface area contributed by atoms with Crippen molar-refractivity contribution in [3.8, 4) is 5.75 Å². The van der Waals surface area contributed by atoms with Crippen LogP contribution in [0.2, 0.25) is 10.0 Å². The van der Waals surface area contributed by atoms with Crippen molar-refractivity contribution < 1.29 is 14.3 Å². The van der Waals surface area contributed by atoms with Gasteiger partial charge in [0.2, 0.25) is 5.91 Å². The standard InChI is InChI=1S/C22H26Cl2N2O3/c1-5-25-22(28)16(4)26(12-17-8-6-7-9-19(17)23)20(27)13-29-18-10-14(2)21(24)15(3)11-18/h6-11,16H,5,12-13H2,1-4H3,(H,25,28)/t16-/m1/s1. The molecule has 0 aromatic heterocycles. The minimum Gasteiger partial charge on any atom is -0.484 e. The molecule has 2 aromatic rings. The molecule has 2 aromatic carbocycles. The molecule has 2 rings (SSSR count). The molecule has 0 radical (unpaired) electrons. The monoisotopic (exact) mass is 436 g/mol. The molecule has 0 fully saturated rings. The Bertz CT molecular complexity index is 863. The SMILES string of the molecule is CCNC(=O)[C@@H](C)N(Cc1ccccc1Cl)C(=O)COc1cc(C)c(Cl)c(C)c1. The quantitative estimate of drug-likeness (QED) is 0.660. The summed E-state index contributed by atoms with van der Waals surface area (Å²) in [7, 11) is 0. The zero-order valence-electron chi connectivity index (χ0n) is 17.1. The lowest BCUT2D eigenvalue weighted by Crippen LogP contribution is -2.49. The number of likely N-dealkylation sites (N-methyl/N-ethyl adjacent to an activating group) is 1. The molecule has 0 unspecified atom stereocenters. The lowest BCUT2D eigenvalue weighted by atomic mass is 10.1. The number of hydrogen-bond acceptors (Lipinski definition) is 3. The van der Waals surface area contributed by atoms with Gasteiger partial charge in [-0.2, -0.15) is 0 Å². The Hall–Kier alpha value is -2.24. The molecule has 2 amide bonds. The van der Waals surface area contributed by atoms with E-state index in [0.29, 0.717) is 22.3 Å². The van der Waals surface area contributed by atoms with Gasteiger partial charge >= 0.3 is 0 Å². The first kappa shape index (κ1) is 23.0. The van der Waals surface area contributed by atoms with Crippen molar-refractivity contribution in [1.82, 2.24) is 10.2 Å². The van der Waals surface area contributed by atoms with Crippen molar-refractivity contribution >= 4 is 35.0 Å². The van der Waals surface area contributed by atoms with Gasteiger partial charge in [0.25, 0.3) is 5.91 Å². The average molecular weight is 437 g/mol. The average Bonchev–Trinajstić information content (AvgIpc) is 2.69. The van der Waals surface area contributed by atoms with Crippen molar-refractivity contribution in [3.63, 3.8) is 0 Å². The Morgan fingerprint density at radius 3 is 2.34 bits per heavy atom. The molecule has 1 N–H and O–H groups in total. The highest BCUT2D eigenvalue weighted by molar-refractivity contribution is 6.32. The summed E-state index contributed by atoms with van der Waals surface area (Å²) in [6.45, 7) is 7.77. The topological polar surface area (TPSA) is 58.6 Å². The molecule has 7 heteroatoms. The highest BCUT2D eigenvalue weighted by Crippen LogP contribution is 2.26. The summed E-state index contributed by atoms with van der Waals surface area (Å²) in [4.78, 5) is 26.8. The number of carbonyl (C=O) groups is 2. The normalized spacial score (nSPS) is 11.7. The van der Waals surface area contributed by atoms with Gasteiger partial charge in [0, 0.05) is 23.1 Å². The molecule has 0 heterocycles. The number of aryl methyl sites for hydroxylation is 2. The summed E-state index contributed by atoms with van der Waals surface area (Å²) < 4.78 is 5.71. The van der Waals surface area contributed by atoms with E-state index in [1.165, 1.54) is 4.90 Å². The number of nitrogens with zero attached hydrogens (tertiary/aromatic N) is 1. The molecule has 0 saturated carbocycles. The first-order valence-corrected chi connectivity index (χ1v) is 10.2. The molecular weight excluding hydrogens is 411 g/mol. The number of carbonyl (C=O) groups excluding carboxylic acids is 2. The molecule has 0 aliphatic carbocycles. The van der Waals surface area contributed by atoms with Gasteiger partial charge in [-0.1, -0.05) is 41.4 Å². The molecule has 0 saturated heterocycles. The van der Waals surface area contributed by atoms with Crippen LogP contribution in [0, 0.1) is 13.8 Å². The number of amides is 2. The lowest BCUT2D eigenvalue weighted by molar-refractivity contribution is -0.142. The first-order chi connectivity index (χ1) is 13.7. The van der Waals surface area contributed by atoms with Gasteiger partial charge < -0.3 is 15.0 Å². The van der Waals surface area contributed by atoms with Gasteiger partial charge in [0.05, 0.1) is 0 Å². The van der Waals surface area contributed by atoms with E-state index in [9.17, 15) is 9.59 Å². The molecule has 5 nitrogen and oxygen atoms in total. The molecular formula is C22H26Cl2N2O3. The number of ether oxygens (including phenoxy) is 1. The maximum absolute atomic E-state index is 13.0. The smallest absolute Gasteiger partial charge is 0.261 e. The van der Waals surface area contributed by atoms with E-state index >= 15 is 0 Å². The Kier molecular flexibility index (Phi) is 8.35. The van der Waals surface area contributed by atoms with Crippen LogP contribution >= 0.6 is 23.2 Å². The largest absolute Gasteiger partial charge is 0.484 e. The minimum absolute atomic E-state index is 0.200. The van der Waals surface area contributed by atoms with Gasteiger partial charge in [-0.05, 0) is 62.6 Å². The fourth-order valence-corrected chi connectivity index (χ4v) is 3.24. The summed E-state index contributed by atoms with van der Waals surface area (Å²) >= 11 is 12.4. The van der Waals surface area contributed by atoms with Crippen LogP contribution in [0.4, 0.5) is 0 Å². The van der Waals surface area contributed by atoms with Crippen LogP contribution in [0.3, 0.4) is 0 Å². The molecule has 0 spiro atoms. The fourth-order valence-electron chi connectivity index (χ4n) is 2.93. The van der Waals surface area contributed by atoms with E-state index in [-0.39, 0.29) is 25.0 Å². The van der Waals surface area contributed by atoms with Gasteiger partial charge in [0.15, 0.2) is 6.61 Å². The summed E-state index contributed by atoms with van der Waals surface area (Å²) in [5.74, 6) is 0.0149. The molecule has 0 bridgehead atoms. The first-order valence-electron chi connectivity index (χ1n) is 9.44. The van der Waals surface area contributed by atoms with Crippen LogP contribution in [0.5, 0.6) is 5.75 Å². The zero-order chi connectivity index (χ0) is 21.6. The van der Waals surface area contributed by atoms with Crippen molar-refractivity contribution in [2.75, 3.05) is 13.2 Å². The third-order valence-electron chi connectivity index (χ3n) is 4.59. The Morgan fingerprint density at radius 2 is 1.76 bits per heavy atom. The molecule has 29 heavy (non-hydrogen) atoms. The molecule has 156 valence electrons. The molecule has 0 aliphatic rings. The Morgan fingerprint density at radius 1 is 1.14 bits per heavy atom. The van der Waals surface area contributed by atoms with Crippen molar-refractivity contribution in [3.05, 3.63) is 63.1 Å². The molecule has 1 atom stereocenters. The second kappa shape index (κ2) is 10.5. The second-order valence-corrected chi connectivity index (χ2v) is 7.63. The third-order valence-corrected chi connectivity index (χ3v) is 5.55. The minimum atomic E-state index is -0.670. The second-order valence-electron chi connectivity index (χ2n) is 6.84. The Balaban J connectivity index is 2.19. The van der Waals surface area contributed by atoms with E-state index in [1.54, 1.807) is 25.1 Å². The van der Waals surface area contributed by atoms with E-state index in [0.717, 1.165) is 16.7 Å². The highest BCUT2D eigenvalue weighted by atomic mass is 35.5. The number of benzene rings is 2. The zero-order valence-corrected chi connectivity index (χ0v) is 18.6. The van der Waals surface area contributed by atoms with E-state index in [1.807, 2.05) is 39.0 Å². The maximum atomic E-state index is 13.0. The fraction of sp³-hybridized carbons (Fsp3) is 0.364. The lowest BCUT2D eigenvalue weighted by Gasteiger charge is -2.29. The van der Waals surface area contributed by atoms with E-state index in [4.69, 9.17) is 27.9 Å². The predicted molar refractivity (Wildman–Crippen MR) is 117 cm³/mol. The number of halogens is 2. The summed E-state index contributed by atoms with van der Waals surface area (Å²) in [5.41, 5.74) is 2.51. The van der Waals surface area contributed by atoms with Crippen LogP contribution in [-0.2, 0) is 16.1 Å². The third kappa shape index (κ3) is 6.12. The van der Waals surface area contributed by atoms with Gasteiger partial charge in [-0.3, -0.25) is 9.59 Å². The van der Waals surface area contributed by atoms with Gasteiger partial charge in [-0.15, -0.1) is 0 Å². The number of nitrogens with one attached hydrogen (secondary N) is 1. The van der Waals surface area contributed by atoms with Crippen LogP contribution in [0.25, 0.3) is 0 Å². The van der Waals surface area contributed by atoms with Crippen LogP contribution in [0.15, 0.2) is 36.4 Å². The number of hydrogen-bond donors (Lipinski definition) is 1. The van der Waals surface area contributed by atoms with E-state index in [2.05, 4.69) is 5.32 Å². The summed E-state index contributed by atoms with van der Waals surface area (Å²) in [6, 6.07) is 10.2. The molecule has 0 aliphatic heterocycles. The Labute approximate surface area is 181 Å². The highest BCUT2D eigenvalue weighted by Gasteiger charge is 2.26. The maximum Gasteiger partial charge on any atom is 0.261 e. The van der Waals surface area contributed by atoms with Crippen molar-refractivity contribution in [2.24, 2.45) is 0 Å². The van der Waals surface area contributed by atoms with Crippen molar-refractivity contribution in [2.45, 2.75) is 40.3 Å². The van der Waals surface area contributed by atoms with Gasteiger partial charge in [0.1, 0.15) is 11.8 Å².